The molecule has 69 heavy (non-hydrogen) atoms. The van der Waals surface area contributed by atoms with Crippen LogP contribution < -0.4 is 22.2 Å². The van der Waals surface area contributed by atoms with Crippen molar-refractivity contribution in [1.82, 2.24) is 42.6 Å². The number of nitrogens with zero attached hydrogens (tertiary/aromatic N) is 9. The second kappa shape index (κ2) is 24.1. The van der Waals surface area contributed by atoms with Gasteiger partial charge >= 0.3 is 23.9 Å². The van der Waals surface area contributed by atoms with Gasteiger partial charge in [0.15, 0.2) is 0 Å². The van der Waals surface area contributed by atoms with Crippen molar-refractivity contribution in [2.45, 2.75) is 65.2 Å². The predicted molar refractivity (Wildman–Crippen MR) is 250 cm³/mol. The molecule has 4 N–H and O–H groups in total. The summed E-state index contributed by atoms with van der Waals surface area (Å²) in [4.78, 5) is 98.7. The first-order chi connectivity index (χ1) is 32.9. The van der Waals surface area contributed by atoms with E-state index >= 15 is 0 Å². The van der Waals surface area contributed by atoms with Gasteiger partial charge in [-0.3, -0.25) is 28.8 Å². The van der Waals surface area contributed by atoms with Crippen molar-refractivity contribution in [3.05, 3.63) is 203 Å². The molecule has 1 fully saturated rings. The van der Waals surface area contributed by atoms with Crippen molar-refractivity contribution in [3.63, 3.8) is 0 Å². The Morgan fingerprint density at radius 1 is 0.565 bits per heavy atom. The average Bonchev–Trinajstić information content (AvgIpc) is 3.93. The highest BCUT2D eigenvalue weighted by Crippen LogP contribution is 2.24. The number of aromatic nitrogens is 9. The highest BCUT2D eigenvalue weighted by Gasteiger charge is 2.17. The van der Waals surface area contributed by atoms with E-state index in [-0.39, 0.29) is 27.8 Å². The van der Waals surface area contributed by atoms with E-state index in [0.29, 0.717) is 32.1 Å². The lowest BCUT2D eigenvalue weighted by molar-refractivity contribution is 0.0683. The second-order valence-electron chi connectivity index (χ2n) is 16.0. The molecule has 7 aromatic rings. The van der Waals surface area contributed by atoms with E-state index in [2.05, 4.69) is 15.1 Å². The van der Waals surface area contributed by atoms with Crippen molar-refractivity contribution in [2.24, 2.45) is 20.0 Å². The van der Waals surface area contributed by atoms with Crippen molar-refractivity contribution in [1.29, 1.82) is 0 Å². The van der Waals surface area contributed by atoms with Crippen LogP contribution in [0, 0.1) is 12.8 Å². The summed E-state index contributed by atoms with van der Waals surface area (Å²) in [6.07, 6.45) is 20.7. The molecule has 0 spiro atoms. The molecular formula is C48H51N9O12. The Bertz CT molecular complexity index is 3150. The summed E-state index contributed by atoms with van der Waals surface area (Å²) in [5.74, 6) is -4.26. The number of imidazole rings is 1. The molecule has 7 heterocycles. The third-order valence-corrected chi connectivity index (χ3v) is 10.9. The Morgan fingerprint density at radius 3 is 1.42 bits per heavy atom. The number of hydrogen-bond donors (Lipinski definition) is 4. The highest BCUT2D eigenvalue weighted by atomic mass is 16.4. The molecule has 0 aromatic carbocycles. The number of pyridine rings is 5. The van der Waals surface area contributed by atoms with E-state index in [1.807, 2.05) is 26.1 Å². The molecule has 7 aromatic heterocycles. The lowest BCUT2D eigenvalue weighted by Gasteiger charge is -2.22. The molecule has 0 radical (unpaired) electrons. The van der Waals surface area contributed by atoms with Crippen molar-refractivity contribution in [3.8, 4) is 0 Å². The summed E-state index contributed by atoms with van der Waals surface area (Å²) in [5.41, 5.74) is 0.690. The summed E-state index contributed by atoms with van der Waals surface area (Å²) < 4.78 is 9.00. The van der Waals surface area contributed by atoms with E-state index in [0.717, 1.165) is 35.4 Å². The van der Waals surface area contributed by atoms with Gasteiger partial charge in [0, 0.05) is 75.3 Å². The average molecular weight is 946 g/mol. The number of carboxylic acid groups (broad SMARTS) is 4. The molecule has 0 saturated heterocycles. The van der Waals surface area contributed by atoms with Crippen LogP contribution in [-0.4, -0.2) is 86.9 Å². The zero-order valence-corrected chi connectivity index (χ0v) is 38.0. The topological polar surface area (TPSA) is 286 Å². The molecule has 0 atom stereocenters. The largest absolute Gasteiger partial charge is 0.477 e. The molecule has 8 rings (SSSR count). The molecule has 1 aliphatic rings. The van der Waals surface area contributed by atoms with Crippen LogP contribution in [0.5, 0.6) is 0 Å². The van der Waals surface area contributed by atoms with Crippen LogP contribution in [0.1, 0.15) is 96.1 Å². The van der Waals surface area contributed by atoms with Crippen LogP contribution in [0.25, 0.3) is 0 Å². The Hall–Kier alpha value is -8.75. The maximum absolute atomic E-state index is 11.9. The van der Waals surface area contributed by atoms with Gasteiger partial charge in [-0.15, -0.1) is 0 Å². The summed E-state index contributed by atoms with van der Waals surface area (Å²) in [6, 6.07) is 15.2. The summed E-state index contributed by atoms with van der Waals surface area (Å²) in [6.45, 7) is 3.46. The fraction of sp³-hybridized carbons (Fsp3) is 0.271. The van der Waals surface area contributed by atoms with Gasteiger partial charge in [-0.25, -0.2) is 24.2 Å². The molecule has 1 saturated carbocycles. The lowest BCUT2D eigenvalue weighted by Crippen LogP contribution is -2.28. The van der Waals surface area contributed by atoms with E-state index in [1.54, 1.807) is 101 Å². The van der Waals surface area contributed by atoms with E-state index in [9.17, 15) is 38.4 Å². The Morgan fingerprint density at radius 2 is 1.01 bits per heavy atom. The van der Waals surface area contributed by atoms with Crippen molar-refractivity contribution >= 4 is 23.9 Å². The van der Waals surface area contributed by atoms with Gasteiger partial charge in [0.25, 0.3) is 22.2 Å². The standard InChI is InChI=1S/C13H12N2O3.C13H17NO3.2C11H11N3O3/c1-9-4-5-10(7-14-9)8-15-6-2-3-11(12(15)16)13(17)18;15-12-11(13(16)17)7-4-8-14(12)9-10-5-2-1-3-6-10;1-13-7-12-5-8(13)6-14-4-2-3-9(10(14)15)11(16)17;1-13-6-8(5-12-13)7-14-4-2-3-9(10(14)15)11(16)17/h2-7H,8H2,1H3,(H,17,18);4,7-8,10H,1-3,5-6,9H2,(H,16,17);2-5,7H,6H2,1H3,(H,16,17);2-6H,7H2,1H3,(H,16,17). The maximum atomic E-state index is 11.9. The number of rotatable bonds is 12. The molecule has 0 unspecified atom stereocenters. The van der Waals surface area contributed by atoms with Gasteiger partial charge in [0.1, 0.15) is 22.3 Å². The maximum Gasteiger partial charge on any atom is 0.341 e. The number of aryl methyl sites for hydroxylation is 3. The quantitative estimate of drug-likeness (QED) is 0.134. The SMILES string of the molecule is Cc1ccc(Cn2cccc(C(=O)O)c2=O)cn1.Cn1cc(Cn2cccc(C(=O)O)c2=O)cn1.Cn1cncc1Cn1cccc(C(=O)O)c1=O.O=C(O)c1cccn(CC2CCCCC2)c1=O. The van der Waals surface area contributed by atoms with Crippen LogP contribution in [0.15, 0.2) is 136 Å². The minimum absolute atomic E-state index is 0.136. The molecule has 360 valence electrons. The van der Waals surface area contributed by atoms with Gasteiger partial charge in [-0.2, -0.15) is 5.10 Å². The summed E-state index contributed by atoms with van der Waals surface area (Å²) in [5, 5.41) is 39.4. The highest BCUT2D eigenvalue weighted by molar-refractivity contribution is 5.88. The van der Waals surface area contributed by atoms with E-state index in [1.165, 1.54) is 57.2 Å². The minimum atomic E-state index is -1.21. The van der Waals surface area contributed by atoms with Crippen LogP contribution in [-0.2, 0) is 40.3 Å². The zero-order valence-electron chi connectivity index (χ0n) is 38.0. The fourth-order valence-corrected chi connectivity index (χ4v) is 7.21. The van der Waals surface area contributed by atoms with E-state index < -0.39 is 40.6 Å². The van der Waals surface area contributed by atoms with Gasteiger partial charge in [0.2, 0.25) is 0 Å². The first kappa shape index (κ1) is 51.2. The molecule has 21 nitrogen and oxygen atoms in total. The molecule has 21 heteroatoms. The Labute approximate surface area is 393 Å². The Balaban J connectivity index is 0.000000172. The Kier molecular flexibility index (Phi) is 17.9. The first-order valence-electron chi connectivity index (χ1n) is 21.5. The van der Waals surface area contributed by atoms with Crippen LogP contribution >= 0.6 is 0 Å². The lowest BCUT2D eigenvalue weighted by atomic mass is 9.89. The molecule has 0 aliphatic heterocycles. The smallest absolute Gasteiger partial charge is 0.341 e. The third-order valence-electron chi connectivity index (χ3n) is 10.9. The van der Waals surface area contributed by atoms with Crippen molar-refractivity contribution < 1.29 is 39.6 Å². The molecule has 0 bridgehead atoms. The minimum Gasteiger partial charge on any atom is -0.477 e. The number of hydrogen-bond acceptors (Lipinski definition) is 11. The van der Waals surface area contributed by atoms with Crippen molar-refractivity contribution in [2.75, 3.05) is 0 Å². The number of aromatic carboxylic acids is 4. The van der Waals surface area contributed by atoms with Gasteiger partial charge in [0.05, 0.1) is 37.9 Å². The normalized spacial score (nSPS) is 12.0. The number of carboxylic acids is 4. The van der Waals surface area contributed by atoms with Crippen LogP contribution in [0.2, 0.25) is 0 Å². The van der Waals surface area contributed by atoms with Crippen LogP contribution in [0.4, 0.5) is 0 Å². The molecule has 1 aliphatic carbocycles. The predicted octanol–water partition coefficient (Wildman–Crippen LogP) is 4.08. The fourth-order valence-electron chi connectivity index (χ4n) is 7.21. The monoisotopic (exact) mass is 945 g/mol. The van der Waals surface area contributed by atoms with Crippen LogP contribution in [0.3, 0.4) is 0 Å². The second-order valence-corrected chi connectivity index (χ2v) is 16.0. The van der Waals surface area contributed by atoms with E-state index in [4.69, 9.17) is 20.4 Å². The number of carbonyl (C=O) groups is 4. The zero-order chi connectivity index (χ0) is 50.2. The summed E-state index contributed by atoms with van der Waals surface area (Å²) >= 11 is 0. The third kappa shape index (κ3) is 14.4. The van der Waals surface area contributed by atoms with Gasteiger partial charge < -0.3 is 43.3 Å². The van der Waals surface area contributed by atoms with Gasteiger partial charge in [-0.1, -0.05) is 25.3 Å². The first-order valence-corrected chi connectivity index (χ1v) is 21.5. The molecular weight excluding hydrogens is 895 g/mol. The summed E-state index contributed by atoms with van der Waals surface area (Å²) in [7, 11) is 3.59. The van der Waals surface area contributed by atoms with Gasteiger partial charge in [-0.05, 0) is 85.8 Å². The molecule has 0 amide bonds.